The second-order valence-corrected chi connectivity index (χ2v) is 6.97. The van der Waals surface area contributed by atoms with Gasteiger partial charge >= 0.3 is 0 Å². The first-order valence-corrected chi connectivity index (χ1v) is 9.68. The molecule has 0 amide bonds. The van der Waals surface area contributed by atoms with Gasteiger partial charge in [-0.15, -0.1) is 0 Å². The largest absolute Gasteiger partial charge is 0.308 e. The summed E-state index contributed by atoms with van der Waals surface area (Å²) < 4.78 is 2.20. The number of para-hydroxylation sites is 2. The van der Waals surface area contributed by atoms with Gasteiger partial charge in [-0.25, -0.2) is 0 Å². The van der Waals surface area contributed by atoms with E-state index in [1.165, 1.54) is 0 Å². The van der Waals surface area contributed by atoms with E-state index in [9.17, 15) is 4.79 Å². The molecule has 0 bridgehead atoms. The summed E-state index contributed by atoms with van der Waals surface area (Å²) in [5, 5.41) is 0.717. The van der Waals surface area contributed by atoms with E-state index in [4.69, 9.17) is 0 Å². The molecule has 0 spiro atoms. The molecule has 0 aliphatic carbocycles. The Morgan fingerprint density at radius 1 is 0.517 bits per heavy atom. The summed E-state index contributed by atoms with van der Waals surface area (Å²) in [5.41, 5.74) is 5.55. The fourth-order valence-electron chi connectivity index (χ4n) is 3.92. The van der Waals surface area contributed by atoms with E-state index < -0.39 is 0 Å². The SMILES string of the molecule is O=c1c(-c2ccccc2)c(-c2ccccc2)n(-c2ccccc2)c2ccccc12. The van der Waals surface area contributed by atoms with Gasteiger partial charge in [0.15, 0.2) is 5.43 Å². The standard InChI is InChI=1S/C27H19NO/c29-27-23-18-10-11-19-24(23)28(22-16-8-3-9-17-22)26(21-14-6-2-7-15-21)25(27)20-12-4-1-5-13-20/h1-19H. The molecule has 29 heavy (non-hydrogen) atoms. The van der Waals surface area contributed by atoms with Crippen LogP contribution >= 0.6 is 0 Å². The van der Waals surface area contributed by atoms with Crippen molar-refractivity contribution in [3.63, 3.8) is 0 Å². The molecule has 2 heteroatoms. The first-order chi connectivity index (χ1) is 14.3. The molecule has 4 aromatic carbocycles. The molecule has 0 unspecified atom stereocenters. The molecule has 0 saturated carbocycles. The van der Waals surface area contributed by atoms with Crippen LogP contribution < -0.4 is 5.43 Å². The lowest BCUT2D eigenvalue weighted by atomic mass is 9.95. The molecule has 5 aromatic rings. The zero-order valence-electron chi connectivity index (χ0n) is 15.8. The molecule has 0 atom stereocenters. The molecule has 0 aliphatic rings. The van der Waals surface area contributed by atoms with Gasteiger partial charge in [-0.3, -0.25) is 4.79 Å². The van der Waals surface area contributed by atoms with Gasteiger partial charge < -0.3 is 4.57 Å². The number of pyridine rings is 1. The molecule has 0 N–H and O–H groups in total. The van der Waals surface area contributed by atoms with Crippen molar-refractivity contribution in [2.45, 2.75) is 0 Å². The third-order valence-corrected chi connectivity index (χ3v) is 5.20. The summed E-state index contributed by atoms with van der Waals surface area (Å²) in [7, 11) is 0. The zero-order valence-corrected chi connectivity index (χ0v) is 15.8. The highest BCUT2D eigenvalue weighted by Crippen LogP contribution is 2.34. The van der Waals surface area contributed by atoms with Gasteiger partial charge in [0.1, 0.15) is 0 Å². The highest BCUT2D eigenvalue weighted by molar-refractivity contribution is 5.93. The Morgan fingerprint density at radius 2 is 1.03 bits per heavy atom. The van der Waals surface area contributed by atoms with Crippen LogP contribution in [0, 0.1) is 0 Å². The van der Waals surface area contributed by atoms with E-state index in [1.54, 1.807) is 0 Å². The summed E-state index contributed by atoms with van der Waals surface area (Å²) in [6, 6.07) is 38.2. The van der Waals surface area contributed by atoms with E-state index in [0.717, 1.165) is 39.0 Å². The van der Waals surface area contributed by atoms with Crippen LogP contribution in [0.25, 0.3) is 39.0 Å². The van der Waals surface area contributed by atoms with Crippen molar-refractivity contribution >= 4 is 10.9 Å². The van der Waals surface area contributed by atoms with E-state index >= 15 is 0 Å². The molecule has 5 rings (SSSR count). The van der Waals surface area contributed by atoms with E-state index in [-0.39, 0.29) is 5.43 Å². The Morgan fingerprint density at radius 3 is 1.69 bits per heavy atom. The maximum Gasteiger partial charge on any atom is 0.197 e. The van der Waals surface area contributed by atoms with Gasteiger partial charge in [0, 0.05) is 11.1 Å². The molecule has 1 heterocycles. The van der Waals surface area contributed by atoms with Crippen molar-refractivity contribution in [1.82, 2.24) is 4.57 Å². The van der Waals surface area contributed by atoms with E-state index in [0.29, 0.717) is 0 Å². The molecule has 2 nitrogen and oxygen atoms in total. The highest BCUT2D eigenvalue weighted by Gasteiger charge is 2.20. The Hall–Kier alpha value is -3.91. The van der Waals surface area contributed by atoms with Gasteiger partial charge in [-0.2, -0.15) is 0 Å². The summed E-state index contributed by atoms with van der Waals surface area (Å²) in [5.74, 6) is 0. The average molecular weight is 373 g/mol. The predicted molar refractivity (Wildman–Crippen MR) is 120 cm³/mol. The fraction of sp³-hybridized carbons (Fsp3) is 0. The van der Waals surface area contributed by atoms with Crippen molar-refractivity contribution in [1.29, 1.82) is 0 Å². The van der Waals surface area contributed by atoms with Crippen molar-refractivity contribution in [3.8, 4) is 28.1 Å². The van der Waals surface area contributed by atoms with E-state index in [1.807, 2.05) is 91.0 Å². The minimum absolute atomic E-state index is 0.0536. The number of aromatic nitrogens is 1. The maximum absolute atomic E-state index is 13.7. The third kappa shape index (κ3) is 2.95. The van der Waals surface area contributed by atoms with Crippen molar-refractivity contribution in [2.24, 2.45) is 0 Å². The minimum Gasteiger partial charge on any atom is -0.308 e. The molecule has 0 radical (unpaired) electrons. The zero-order chi connectivity index (χ0) is 19.6. The van der Waals surface area contributed by atoms with Crippen LogP contribution in [0.2, 0.25) is 0 Å². The van der Waals surface area contributed by atoms with E-state index in [2.05, 4.69) is 28.8 Å². The number of hydrogen-bond donors (Lipinski definition) is 0. The van der Waals surface area contributed by atoms with Crippen LogP contribution in [0.5, 0.6) is 0 Å². The molecular formula is C27H19NO. The highest BCUT2D eigenvalue weighted by atomic mass is 16.1. The Balaban J connectivity index is 2.04. The number of rotatable bonds is 3. The molecule has 0 fully saturated rings. The maximum atomic E-state index is 13.7. The molecule has 0 aliphatic heterocycles. The monoisotopic (exact) mass is 373 g/mol. The van der Waals surface area contributed by atoms with Crippen LogP contribution in [0.1, 0.15) is 0 Å². The van der Waals surface area contributed by atoms with Gasteiger partial charge in [0.05, 0.1) is 16.8 Å². The van der Waals surface area contributed by atoms with Gasteiger partial charge in [-0.05, 0) is 35.4 Å². The Kier molecular flexibility index (Phi) is 4.30. The number of hydrogen-bond acceptors (Lipinski definition) is 1. The van der Waals surface area contributed by atoms with Crippen molar-refractivity contribution in [2.75, 3.05) is 0 Å². The number of fused-ring (bicyclic) bond motifs is 1. The molecule has 0 saturated heterocycles. The molecule has 138 valence electrons. The lowest BCUT2D eigenvalue weighted by Crippen LogP contribution is -2.15. The average Bonchev–Trinajstić information content (AvgIpc) is 2.81. The van der Waals surface area contributed by atoms with Gasteiger partial charge in [0.25, 0.3) is 0 Å². The van der Waals surface area contributed by atoms with Crippen LogP contribution in [-0.2, 0) is 0 Å². The normalized spacial score (nSPS) is 10.9. The summed E-state index contributed by atoms with van der Waals surface area (Å²) in [6.07, 6.45) is 0. The van der Waals surface area contributed by atoms with Crippen molar-refractivity contribution in [3.05, 3.63) is 125 Å². The first kappa shape index (κ1) is 17.2. The molecular weight excluding hydrogens is 354 g/mol. The Labute approximate surface area is 169 Å². The van der Waals surface area contributed by atoms with Crippen LogP contribution in [-0.4, -0.2) is 4.57 Å². The van der Waals surface area contributed by atoms with Crippen LogP contribution in [0.4, 0.5) is 0 Å². The van der Waals surface area contributed by atoms with Crippen LogP contribution in [0.15, 0.2) is 120 Å². The third-order valence-electron chi connectivity index (χ3n) is 5.20. The number of benzene rings is 4. The van der Waals surface area contributed by atoms with Gasteiger partial charge in [-0.1, -0.05) is 91.0 Å². The summed E-state index contributed by atoms with van der Waals surface area (Å²) in [6.45, 7) is 0. The lowest BCUT2D eigenvalue weighted by Gasteiger charge is -2.21. The Bertz CT molecular complexity index is 1340. The summed E-state index contributed by atoms with van der Waals surface area (Å²) >= 11 is 0. The second kappa shape index (κ2) is 7.25. The second-order valence-electron chi connectivity index (χ2n) is 6.97. The van der Waals surface area contributed by atoms with Crippen LogP contribution in [0.3, 0.4) is 0 Å². The van der Waals surface area contributed by atoms with Gasteiger partial charge in [0.2, 0.25) is 0 Å². The topological polar surface area (TPSA) is 22.0 Å². The number of nitrogens with zero attached hydrogens (tertiary/aromatic N) is 1. The summed E-state index contributed by atoms with van der Waals surface area (Å²) in [4.78, 5) is 13.7. The quantitative estimate of drug-likeness (QED) is 0.362. The smallest absolute Gasteiger partial charge is 0.197 e. The predicted octanol–water partition coefficient (Wildman–Crippen LogP) is 6.32. The fourth-order valence-corrected chi connectivity index (χ4v) is 3.92. The van der Waals surface area contributed by atoms with Crippen molar-refractivity contribution < 1.29 is 0 Å². The molecule has 1 aromatic heterocycles. The first-order valence-electron chi connectivity index (χ1n) is 9.68. The lowest BCUT2D eigenvalue weighted by molar-refractivity contribution is 1.11. The minimum atomic E-state index is 0.0536.